The number of hydrogen-bond acceptors (Lipinski definition) is 7. The molecule has 0 unspecified atom stereocenters. The fourth-order valence-corrected chi connectivity index (χ4v) is 9.56. The Morgan fingerprint density at radius 3 is 2.54 bits per heavy atom. The Morgan fingerprint density at radius 1 is 1.22 bits per heavy atom. The van der Waals surface area contributed by atoms with Crippen LogP contribution in [-0.4, -0.2) is 57.2 Å². The molecular weight excluding hydrogens is 490 g/mol. The molecule has 4 aliphatic carbocycles. The maximum atomic E-state index is 13.5. The van der Waals surface area contributed by atoms with Crippen LogP contribution in [0.5, 0.6) is 0 Å². The number of carbonyl (C=O) groups excluding carboxylic acids is 2. The monoisotopic (exact) mass is 535 g/mol. The fraction of sp³-hybridized carbons (Fsp3) is 0.828. The first-order valence-electron chi connectivity index (χ1n) is 13.9. The predicted molar refractivity (Wildman–Crippen MR) is 144 cm³/mol. The third-order valence-electron chi connectivity index (χ3n) is 11.2. The van der Waals surface area contributed by atoms with Crippen molar-refractivity contribution in [2.75, 3.05) is 5.75 Å². The third-order valence-corrected chi connectivity index (χ3v) is 12.6. The predicted octanol–water partition coefficient (Wildman–Crippen LogP) is 4.21. The second-order valence-corrected chi connectivity index (χ2v) is 14.2. The van der Waals surface area contributed by atoms with E-state index in [-0.39, 0.29) is 52.0 Å². The van der Waals surface area contributed by atoms with Crippen molar-refractivity contribution < 1.29 is 29.3 Å². The molecule has 2 bridgehead atoms. The molecule has 0 aromatic carbocycles. The average molecular weight is 536 g/mol. The molecule has 4 aliphatic rings. The van der Waals surface area contributed by atoms with Gasteiger partial charge in [-0.1, -0.05) is 33.8 Å². The van der Waals surface area contributed by atoms with E-state index in [2.05, 4.69) is 27.4 Å². The Morgan fingerprint density at radius 2 is 1.92 bits per heavy atom. The van der Waals surface area contributed by atoms with Crippen LogP contribution >= 0.6 is 11.8 Å². The van der Waals surface area contributed by atoms with Crippen molar-refractivity contribution >= 4 is 29.5 Å². The molecule has 0 saturated heterocycles. The normalized spacial score (nSPS) is 47.9. The van der Waals surface area contributed by atoms with Crippen molar-refractivity contribution in [3.8, 4) is 0 Å². The number of carboxylic acid groups (broad SMARTS) is 1. The van der Waals surface area contributed by atoms with Crippen LogP contribution in [-0.2, 0) is 19.1 Å². The number of carbonyl (C=O) groups is 3. The zero-order valence-corrected chi connectivity index (χ0v) is 23.6. The molecule has 8 heteroatoms. The van der Waals surface area contributed by atoms with Gasteiger partial charge >= 0.3 is 11.9 Å². The van der Waals surface area contributed by atoms with E-state index >= 15 is 0 Å². The number of aliphatic carboxylic acids is 1. The van der Waals surface area contributed by atoms with Gasteiger partial charge in [0.15, 0.2) is 0 Å². The molecule has 4 rings (SSSR count). The largest absolute Gasteiger partial charge is 0.481 e. The Labute approximate surface area is 225 Å². The molecular formula is C29H45NO6S. The number of ether oxygens (including phenoxy) is 1. The summed E-state index contributed by atoms with van der Waals surface area (Å²) >= 11 is 1.44. The Hall–Kier alpha value is -1.38. The minimum Gasteiger partial charge on any atom is -0.481 e. The highest BCUT2D eigenvalue weighted by Gasteiger charge is 2.68. The lowest BCUT2D eigenvalue weighted by atomic mass is 9.44. The quantitative estimate of drug-likeness (QED) is 0.341. The van der Waals surface area contributed by atoms with E-state index in [0.29, 0.717) is 32.1 Å². The number of nitrogens with two attached hydrogens (primary N) is 1. The number of ketones is 1. The first kappa shape index (κ1) is 28.6. The second-order valence-electron chi connectivity index (χ2n) is 12.9. The van der Waals surface area contributed by atoms with Crippen LogP contribution in [0.15, 0.2) is 12.7 Å². The summed E-state index contributed by atoms with van der Waals surface area (Å²) in [6.07, 6.45) is 5.78. The van der Waals surface area contributed by atoms with Gasteiger partial charge in [0.1, 0.15) is 11.9 Å². The van der Waals surface area contributed by atoms with E-state index in [1.165, 1.54) is 11.8 Å². The number of thioether (sulfide) groups is 1. The lowest BCUT2D eigenvalue weighted by Crippen LogP contribution is -2.63. The summed E-state index contributed by atoms with van der Waals surface area (Å²) in [5, 5.41) is 20.9. The van der Waals surface area contributed by atoms with Crippen LogP contribution in [0.4, 0.5) is 0 Å². The summed E-state index contributed by atoms with van der Waals surface area (Å²) in [7, 11) is 0. The molecule has 0 radical (unpaired) electrons. The maximum Gasteiger partial charge on any atom is 0.316 e. The average Bonchev–Trinajstić information content (AvgIpc) is 3.21. The molecule has 4 saturated carbocycles. The van der Waals surface area contributed by atoms with E-state index in [1.54, 1.807) is 6.08 Å². The van der Waals surface area contributed by atoms with Crippen LogP contribution in [0.25, 0.3) is 0 Å². The van der Waals surface area contributed by atoms with Crippen molar-refractivity contribution in [1.29, 1.82) is 0 Å². The lowest BCUT2D eigenvalue weighted by Gasteiger charge is -2.61. The first-order chi connectivity index (χ1) is 17.3. The number of aliphatic hydroxyl groups is 1. The summed E-state index contributed by atoms with van der Waals surface area (Å²) in [6, 6.07) is -0.276. The summed E-state index contributed by atoms with van der Waals surface area (Å²) in [5.41, 5.74) is 4.79. The van der Waals surface area contributed by atoms with Gasteiger partial charge < -0.3 is 20.7 Å². The summed E-state index contributed by atoms with van der Waals surface area (Å²) in [5.74, 6) is -1.31. The van der Waals surface area contributed by atoms with E-state index in [9.17, 15) is 24.6 Å². The van der Waals surface area contributed by atoms with Crippen molar-refractivity contribution in [1.82, 2.24) is 0 Å². The molecule has 0 spiro atoms. The molecule has 37 heavy (non-hydrogen) atoms. The van der Waals surface area contributed by atoms with Crippen molar-refractivity contribution in [2.45, 2.75) is 103 Å². The molecule has 0 aromatic rings. The number of rotatable bonds is 6. The number of Topliss-reactive ketones (excluding diaryl/α,β-unsaturated/α-hetero) is 1. The Kier molecular flexibility index (Phi) is 7.97. The Bertz CT molecular complexity index is 941. The molecule has 0 amide bonds. The molecule has 208 valence electrons. The molecule has 0 heterocycles. The fourth-order valence-electron chi connectivity index (χ4n) is 8.48. The number of hydrogen-bond donors (Lipinski definition) is 3. The van der Waals surface area contributed by atoms with Gasteiger partial charge in [0, 0.05) is 34.5 Å². The third kappa shape index (κ3) is 4.69. The standard InChI is InChI=1S/C29H45NO6S/c1-6-27(4)14-22(36-23(32)15-37-21-8-7-18(26(34)35)13-19(21)30)28(5)16(2)9-11-29(17(3)25(27)33)12-10-20(31)24(28)29/h6,16-19,21-22,24-25,33H,1,7-15,30H2,2-5H3,(H,34,35)/t16-,17+,18+,19-,21-,22-,24+,25+,27-,28+,29+/m1/s1. The molecule has 4 N–H and O–H groups in total. The summed E-state index contributed by atoms with van der Waals surface area (Å²) in [6.45, 7) is 12.5. The van der Waals surface area contributed by atoms with Gasteiger partial charge in [-0.05, 0) is 62.2 Å². The number of carboxylic acids is 1. The summed E-state index contributed by atoms with van der Waals surface area (Å²) < 4.78 is 6.30. The van der Waals surface area contributed by atoms with E-state index in [0.717, 1.165) is 19.3 Å². The molecule has 11 atom stereocenters. The highest BCUT2D eigenvalue weighted by molar-refractivity contribution is 8.00. The zero-order chi connectivity index (χ0) is 27.3. The van der Waals surface area contributed by atoms with Crippen LogP contribution in [0, 0.1) is 39.9 Å². The lowest BCUT2D eigenvalue weighted by molar-refractivity contribution is -0.205. The highest BCUT2D eigenvalue weighted by atomic mass is 32.2. The van der Waals surface area contributed by atoms with E-state index in [1.807, 2.05) is 6.92 Å². The molecule has 0 aromatic heterocycles. The Balaban J connectivity index is 1.57. The molecule has 7 nitrogen and oxygen atoms in total. The summed E-state index contributed by atoms with van der Waals surface area (Å²) in [4.78, 5) is 38.1. The first-order valence-corrected chi connectivity index (χ1v) is 15.0. The maximum absolute atomic E-state index is 13.5. The topological polar surface area (TPSA) is 127 Å². The molecule has 0 aliphatic heterocycles. The zero-order valence-electron chi connectivity index (χ0n) is 22.8. The van der Waals surface area contributed by atoms with Gasteiger partial charge in [-0.2, -0.15) is 0 Å². The van der Waals surface area contributed by atoms with Crippen molar-refractivity contribution in [3.05, 3.63) is 12.7 Å². The van der Waals surface area contributed by atoms with Gasteiger partial charge in [-0.15, -0.1) is 18.3 Å². The van der Waals surface area contributed by atoms with Crippen LogP contribution < -0.4 is 5.73 Å². The van der Waals surface area contributed by atoms with Gasteiger partial charge in [0.25, 0.3) is 0 Å². The van der Waals surface area contributed by atoms with Crippen LogP contribution in [0.3, 0.4) is 0 Å². The SMILES string of the molecule is C=C[C@]1(C)C[C@@H](OC(=O)CS[C@@H]2CC[C@H](C(=O)O)C[C@H]2N)[C@]2(C)[C@H](C)CC[C@]3(CCC(=O)[C@H]32)[C@@H](C)[C@@H]1O. The van der Waals surface area contributed by atoms with E-state index < -0.39 is 34.9 Å². The number of esters is 1. The smallest absolute Gasteiger partial charge is 0.316 e. The number of aliphatic hydroxyl groups excluding tert-OH is 1. The minimum absolute atomic E-state index is 0.00912. The second kappa shape index (κ2) is 10.3. The van der Waals surface area contributed by atoms with Gasteiger partial charge in [0.2, 0.25) is 0 Å². The van der Waals surface area contributed by atoms with E-state index in [4.69, 9.17) is 10.5 Å². The van der Waals surface area contributed by atoms with Crippen LogP contribution in [0.1, 0.15) is 79.1 Å². The van der Waals surface area contributed by atoms with Crippen molar-refractivity contribution in [2.24, 2.45) is 45.7 Å². The van der Waals surface area contributed by atoms with Gasteiger partial charge in [-0.25, -0.2) is 0 Å². The van der Waals surface area contributed by atoms with Crippen LogP contribution in [0.2, 0.25) is 0 Å². The van der Waals surface area contributed by atoms with Gasteiger partial charge in [-0.3, -0.25) is 14.4 Å². The highest BCUT2D eigenvalue weighted by Crippen LogP contribution is 2.68. The molecule has 4 fully saturated rings. The van der Waals surface area contributed by atoms with Gasteiger partial charge in [0.05, 0.1) is 17.8 Å². The van der Waals surface area contributed by atoms with Crippen molar-refractivity contribution in [3.63, 3.8) is 0 Å². The minimum atomic E-state index is -0.809.